The molecule has 1 unspecified atom stereocenters. The summed E-state index contributed by atoms with van der Waals surface area (Å²) in [6.45, 7) is 0.412. The number of rotatable bonds is 5. The maximum absolute atomic E-state index is 12.3. The van der Waals surface area contributed by atoms with Crippen molar-refractivity contribution in [3.05, 3.63) is 35.4 Å². The highest BCUT2D eigenvalue weighted by molar-refractivity contribution is 5.97. The van der Waals surface area contributed by atoms with E-state index in [0.717, 1.165) is 12.8 Å². The number of carbonyl (C=O) groups excluding carboxylic acids is 1. The molecule has 1 atom stereocenters. The first-order valence-corrected chi connectivity index (χ1v) is 7.46. The van der Waals surface area contributed by atoms with Gasteiger partial charge in [0.25, 0.3) is 5.91 Å². The Hall–Kier alpha value is -1.88. The third kappa shape index (κ3) is 4.04. The van der Waals surface area contributed by atoms with Crippen molar-refractivity contribution in [1.82, 2.24) is 5.32 Å². The molecule has 0 aromatic heterocycles. The molecule has 0 bridgehead atoms. The van der Waals surface area contributed by atoms with E-state index in [0.29, 0.717) is 18.0 Å². The minimum Gasteiger partial charge on any atom is -0.478 e. The summed E-state index contributed by atoms with van der Waals surface area (Å²) in [7, 11) is 0. The molecule has 0 spiro atoms. The van der Waals surface area contributed by atoms with E-state index in [1.807, 2.05) is 0 Å². The second-order valence-corrected chi connectivity index (χ2v) is 5.60. The molecule has 2 rings (SSSR count). The molecule has 1 amide bonds. The van der Waals surface area contributed by atoms with E-state index in [4.69, 9.17) is 10.8 Å². The third-order valence-corrected chi connectivity index (χ3v) is 4.16. The smallest absolute Gasteiger partial charge is 0.335 e. The average molecular weight is 290 g/mol. The summed E-state index contributed by atoms with van der Waals surface area (Å²) in [5.74, 6) is -0.859. The zero-order valence-corrected chi connectivity index (χ0v) is 12.0. The molecular formula is C16H22N2O3. The van der Waals surface area contributed by atoms with Crippen LogP contribution in [-0.4, -0.2) is 29.6 Å². The maximum Gasteiger partial charge on any atom is 0.335 e. The highest BCUT2D eigenvalue weighted by Gasteiger charge is 2.24. The second kappa shape index (κ2) is 7.22. The maximum atomic E-state index is 12.3. The molecule has 5 heteroatoms. The van der Waals surface area contributed by atoms with Gasteiger partial charge in [0, 0.05) is 18.2 Å². The van der Waals surface area contributed by atoms with Crippen LogP contribution in [0.5, 0.6) is 0 Å². The number of hydrogen-bond donors (Lipinski definition) is 3. The number of hydrogen-bond acceptors (Lipinski definition) is 3. The number of carboxylic acids is 1. The quantitative estimate of drug-likeness (QED) is 0.773. The molecule has 114 valence electrons. The Kier molecular flexibility index (Phi) is 5.33. The van der Waals surface area contributed by atoms with Gasteiger partial charge < -0.3 is 16.2 Å². The fourth-order valence-corrected chi connectivity index (χ4v) is 2.95. The van der Waals surface area contributed by atoms with E-state index in [9.17, 15) is 9.59 Å². The monoisotopic (exact) mass is 290 g/mol. The van der Waals surface area contributed by atoms with Crippen molar-refractivity contribution in [2.45, 2.75) is 38.1 Å². The Labute approximate surface area is 124 Å². The van der Waals surface area contributed by atoms with E-state index in [-0.39, 0.29) is 17.5 Å². The van der Waals surface area contributed by atoms with Crippen molar-refractivity contribution < 1.29 is 14.7 Å². The Balaban J connectivity index is 2.04. The van der Waals surface area contributed by atoms with Gasteiger partial charge in [-0.2, -0.15) is 0 Å². The predicted molar refractivity (Wildman–Crippen MR) is 80.3 cm³/mol. The first-order chi connectivity index (χ1) is 10.1. The van der Waals surface area contributed by atoms with E-state index in [2.05, 4.69) is 5.32 Å². The van der Waals surface area contributed by atoms with Crippen LogP contribution in [0.15, 0.2) is 24.3 Å². The van der Waals surface area contributed by atoms with Crippen LogP contribution in [0.3, 0.4) is 0 Å². The minimum atomic E-state index is -1.03. The van der Waals surface area contributed by atoms with Crippen LogP contribution < -0.4 is 11.1 Å². The van der Waals surface area contributed by atoms with Crippen LogP contribution in [0.1, 0.15) is 52.8 Å². The molecule has 0 aliphatic heterocycles. The Bertz CT molecular complexity index is 510. The van der Waals surface area contributed by atoms with Crippen LogP contribution in [0.4, 0.5) is 0 Å². The zero-order chi connectivity index (χ0) is 15.2. The molecule has 5 nitrogen and oxygen atoms in total. The Morgan fingerprint density at radius 1 is 1.24 bits per heavy atom. The molecule has 0 radical (unpaired) electrons. The number of aromatic carboxylic acids is 1. The van der Waals surface area contributed by atoms with E-state index in [1.165, 1.54) is 31.4 Å². The number of carbonyl (C=O) groups is 2. The van der Waals surface area contributed by atoms with Crippen molar-refractivity contribution in [1.29, 1.82) is 0 Å². The normalized spacial score (nSPS) is 17.2. The fourth-order valence-electron chi connectivity index (χ4n) is 2.95. The summed E-state index contributed by atoms with van der Waals surface area (Å²) in [6, 6.07) is 6.03. The number of amides is 1. The van der Waals surface area contributed by atoms with Crippen molar-refractivity contribution in [3.8, 4) is 0 Å². The predicted octanol–water partition coefficient (Wildman–Crippen LogP) is 2.02. The molecule has 1 aliphatic carbocycles. The zero-order valence-electron chi connectivity index (χ0n) is 12.0. The summed E-state index contributed by atoms with van der Waals surface area (Å²) >= 11 is 0. The van der Waals surface area contributed by atoms with Gasteiger partial charge in [-0.1, -0.05) is 25.3 Å². The number of nitrogens with one attached hydrogen (secondary N) is 1. The minimum absolute atomic E-state index is 0.0358. The number of carboxylic acid groups (broad SMARTS) is 1. The lowest BCUT2D eigenvalue weighted by Crippen LogP contribution is -2.45. The summed E-state index contributed by atoms with van der Waals surface area (Å²) in [6.07, 6.45) is 5.81. The van der Waals surface area contributed by atoms with Gasteiger partial charge in [0.1, 0.15) is 0 Å². The van der Waals surface area contributed by atoms with Gasteiger partial charge in [-0.15, -0.1) is 0 Å². The van der Waals surface area contributed by atoms with E-state index in [1.54, 1.807) is 12.1 Å². The van der Waals surface area contributed by atoms with Crippen LogP contribution in [-0.2, 0) is 0 Å². The standard InChI is InChI=1S/C16H22N2O3/c17-10-14(11-5-2-1-3-6-11)18-15(19)12-7-4-8-13(9-12)16(20)21/h4,7-9,11,14H,1-3,5-6,10,17H2,(H,18,19)(H,20,21). The molecular weight excluding hydrogens is 268 g/mol. The van der Waals surface area contributed by atoms with Crippen molar-refractivity contribution in [2.24, 2.45) is 11.7 Å². The van der Waals surface area contributed by atoms with Gasteiger partial charge in [-0.25, -0.2) is 4.79 Å². The lowest BCUT2D eigenvalue weighted by Gasteiger charge is -2.30. The molecule has 0 heterocycles. The molecule has 21 heavy (non-hydrogen) atoms. The first kappa shape index (κ1) is 15.5. The second-order valence-electron chi connectivity index (χ2n) is 5.60. The summed E-state index contributed by atoms with van der Waals surface area (Å²) in [5, 5.41) is 11.9. The number of nitrogens with two attached hydrogens (primary N) is 1. The Morgan fingerprint density at radius 2 is 1.90 bits per heavy atom. The van der Waals surface area contributed by atoms with E-state index >= 15 is 0 Å². The molecule has 1 aliphatic rings. The average Bonchev–Trinajstić information content (AvgIpc) is 2.53. The summed E-state index contributed by atoms with van der Waals surface area (Å²) < 4.78 is 0. The van der Waals surface area contributed by atoms with E-state index < -0.39 is 5.97 Å². The molecule has 1 saturated carbocycles. The highest BCUT2D eigenvalue weighted by atomic mass is 16.4. The molecule has 0 saturated heterocycles. The van der Waals surface area contributed by atoms with Crippen molar-refractivity contribution in [2.75, 3.05) is 6.54 Å². The Morgan fingerprint density at radius 3 is 2.52 bits per heavy atom. The fraction of sp³-hybridized carbons (Fsp3) is 0.500. The highest BCUT2D eigenvalue weighted by Crippen LogP contribution is 2.26. The largest absolute Gasteiger partial charge is 0.478 e. The summed E-state index contributed by atoms with van der Waals surface area (Å²) in [4.78, 5) is 23.2. The van der Waals surface area contributed by atoms with Crippen LogP contribution in [0.25, 0.3) is 0 Å². The van der Waals surface area contributed by atoms with Crippen LogP contribution >= 0.6 is 0 Å². The lowest BCUT2D eigenvalue weighted by molar-refractivity contribution is 0.0697. The first-order valence-electron chi connectivity index (χ1n) is 7.46. The van der Waals surface area contributed by atoms with Gasteiger partial charge in [0.2, 0.25) is 0 Å². The van der Waals surface area contributed by atoms with Gasteiger partial charge in [0.05, 0.1) is 5.56 Å². The van der Waals surface area contributed by atoms with Crippen LogP contribution in [0, 0.1) is 5.92 Å². The van der Waals surface area contributed by atoms with Gasteiger partial charge in [-0.05, 0) is 37.0 Å². The summed E-state index contributed by atoms with van der Waals surface area (Å²) in [5.41, 5.74) is 6.28. The van der Waals surface area contributed by atoms with Gasteiger partial charge in [0.15, 0.2) is 0 Å². The third-order valence-electron chi connectivity index (χ3n) is 4.16. The number of benzene rings is 1. The SMILES string of the molecule is NCC(NC(=O)c1cccc(C(=O)O)c1)C1CCCCC1. The van der Waals surface area contributed by atoms with Crippen molar-refractivity contribution in [3.63, 3.8) is 0 Å². The van der Waals surface area contributed by atoms with Gasteiger partial charge >= 0.3 is 5.97 Å². The van der Waals surface area contributed by atoms with Crippen LogP contribution in [0.2, 0.25) is 0 Å². The van der Waals surface area contributed by atoms with Crippen molar-refractivity contribution >= 4 is 11.9 Å². The molecule has 1 aromatic carbocycles. The van der Waals surface area contributed by atoms with Gasteiger partial charge in [-0.3, -0.25) is 4.79 Å². The topological polar surface area (TPSA) is 92.4 Å². The lowest BCUT2D eigenvalue weighted by atomic mass is 9.84. The molecule has 1 fully saturated rings. The molecule has 1 aromatic rings. The molecule has 4 N–H and O–H groups in total.